The molecule has 0 saturated heterocycles. The number of carboxylic acids is 1. The first-order chi connectivity index (χ1) is 9.92. The minimum absolute atomic E-state index is 0.285. The van der Waals surface area contributed by atoms with Crippen LogP contribution in [0.1, 0.15) is 22.0 Å². The van der Waals surface area contributed by atoms with Crippen LogP contribution in [0.3, 0.4) is 0 Å². The van der Waals surface area contributed by atoms with E-state index in [0.29, 0.717) is 5.56 Å². The topological polar surface area (TPSA) is 91.7 Å². The van der Waals surface area contributed by atoms with E-state index in [1.165, 1.54) is 24.3 Å². The van der Waals surface area contributed by atoms with Crippen LogP contribution in [0.5, 0.6) is 0 Å². The van der Waals surface area contributed by atoms with Gasteiger partial charge in [0.2, 0.25) is 0 Å². The predicted octanol–water partition coefficient (Wildman–Crippen LogP) is 1.89. The molecule has 5 nitrogen and oxygen atoms in total. The number of benzene rings is 2. The van der Waals surface area contributed by atoms with Crippen molar-refractivity contribution < 1.29 is 23.4 Å². The highest BCUT2D eigenvalue weighted by atomic mass is 32.2. The number of carboxylic acid groups (broad SMARTS) is 1. The van der Waals surface area contributed by atoms with Gasteiger partial charge in [0.05, 0.1) is 22.3 Å². The van der Waals surface area contributed by atoms with Crippen molar-refractivity contribution in [3.63, 3.8) is 0 Å². The van der Waals surface area contributed by atoms with E-state index in [2.05, 4.69) is 0 Å². The highest BCUT2D eigenvalue weighted by Gasteiger charge is 2.25. The van der Waals surface area contributed by atoms with Gasteiger partial charge in [-0.25, -0.2) is 13.2 Å². The van der Waals surface area contributed by atoms with Crippen LogP contribution in [0.15, 0.2) is 59.5 Å². The fraction of sp³-hybridized carbons (Fsp3) is 0.133. The van der Waals surface area contributed by atoms with Crippen molar-refractivity contribution in [3.8, 4) is 0 Å². The van der Waals surface area contributed by atoms with E-state index in [0.717, 1.165) is 0 Å². The van der Waals surface area contributed by atoms with E-state index < -0.39 is 27.7 Å². The average Bonchev–Trinajstić information content (AvgIpc) is 2.47. The number of rotatable bonds is 5. The van der Waals surface area contributed by atoms with E-state index in [1.807, 2.05) is 0 Å². The van der Waals surface area contributed by atoms with Gasteiger partial charge in [0.1, 0.15) is 0 Å². The van der Waals surface area contributed by atoms with E-state index in [4.69, 9.17) is 5.11 Å². The first kappa shape index (κ1) is 15.2. The van der Waals surface area contributed by atoms with Gasteiger partial charge in [0, 0.05) is 0 Å². The van der Waals surface area contributed by atoms with Crippen LogP contribution >= 0.6 is 0 Å². The van der Waals surface area contributed by atoms with Crippen molar-refractivity contribution >= 4 is 15.8 Å². The second kappa shape index (κ2) is 6.07. The van der Waals surface area contributed by atoms with Gasteiger partial charge in [0.25, 0.3) is 0 Å². The molecule has 0 spiro atoms. The van der Waals surface area contributed by atoms with Gasteiger partial charge in [0.15, 0.2) is 9.84 Å². The van der Waals surface area contributed by atoms with Crippen molar-refractivity contribution in [1.29, 1.82) is 0 Å². The molecule has 0 aliphatic heterocycles. The summed E-state index contributed by atoms with van der Waals surface area (Å²) < 4.78 is 24.6. The fourth-order valence-electron chi connectivity index (χ4n) is 1.98. The van der Waals surface area contributed by atoms with Gasteiger partial charge in [-0.2, -0.15) is 0 Å². The molecule has 1 atom stereocenters. The Morgan fingerprint density at radius 3 is 2.19 bits per heavy atom. The van der Waals surface area contributed by atoms with Crippen molar-refractivity contribution in [2.24, 2.45) is 0 Å². The minimum Gasteiger partial charge on any atom is -0.478 e. The first-order valence-electron chi connectivity index (χ1n) is 6.20. The largest absolute Gasteiger partial charge is 0.478 e. The maximum atomic E-state index is 12.3. The van der Waals surface area contributed by atoms with Gasteiger partial charge in [-0.15, -0.1) is 0 Å². The van der Waals surface area contributed by atoms with Gasteiger partial charge >= 0.3 is 5.97 Å². The molecule has 0 heterocycles. The Morgan fingerprint density at radius 1 is 1.00 bits per heavy atom. The Bertz CT molecular complexity index is 738. The lowest BCUT2D eigenvalue weighted by Crippen LogP contribution is -2.17. The zero-order valence-corrected chi connectivity index (χ0v) is 11.8. The normalized spacial score (nSPS) is 12.8. The first-order valence-corrected chi connectivity index (χ1v) is 7.85. The van der Waals surface area contributed by atoms with Crippen LogP contribution in [0.25, 0.3) is 0 Å². The molecule has 1 unspecified atom stereocenters. The Labute approximate surface area is 122 Å². The summed E-state index contributed by atoms with van der Waals surface area (Å²) in [5, 5.41) is 19.1. The van der Waals surface area contributed by atoms with Crippen LogP contribution in [0.2, 0.25) is 0 Å². The number of aromatic carboxylic acids is 1. The third kappa shape index (κ3) is 3.48. The molecule has 0 fully saturated rings. The minimum atomic E-state index is -3.91. The smallest absolute Gasteiger partial charge is 0.337 e. The lowest BCUT2D eigenvalue weighted by Gasteiger charge is -2.13. The SMILES string of the molecule is O=C(O)c1ccccc1S(=O)(=O)CC(O)c1ccccc1. The number of sulfone groups is 1. The van der Waals surface area contributed by atoms with E-state index in [-0.39, 0.29) is 10.5 Å². The third-order valence-electron chi connectivity index (χ3n) is 3.01. The van der Waals surface area contributed by atoms with Crippen LogP contribution in [0, 0.1) is 0 Å². The van der Waals surface area contributed by atoms with Gasteiger partial charge in [-0.3, -0.25) is 0 Å². The number of hydrogen-bond acceptors (Lipinski definition) is 4. The van der Waals surface area contributed by atoms with Crippen LogP contribution < -0.4 is 0 Å². The Balaban J connectivity index is 2.34. The summed E-state index contributed by atoms with van der Waals surface area (Å²) in [6.07, 6.45) is -1.21. The van der Waals surface area contributed by atoms with E-state index in [9.17, 15) is 18.3 Å². The highest BCUT2D eigenvalue weighted by Crippen LogP contribution is 2.22. The van der Waals surface area contributed by atoms with E-state index in [1.54, 1.807) is 30.3 Å². The van der Waals surface area contributed by atoms with Gasteiger partial charge in [-0.1, -0.05) is 42.5 Å². The number of hydrogen-bond donors (Lipinski definition) is 2. The van der Waals surface area contributed by atoms with Crippen molar-refractivity contribution in [2.75, 3.05) is 5.75 Å². The maximum absolute atomic E-state index is 12.3. The monoisotopic (exact) mass is 306 g/mol. The highest BCUT2D eigenvalue weighted by molar-refractivity contribution is 7.91. The quantitative estimate of drug-likeness (QED) is 0.880. The molecule has 0 aliphatic carbocycles. The summed E-state index contributed by atoms with van der Waals surface area (Å²) in [5.74, 6) is -1.88. The zero-order chi connectivity index (χ0) is 15.5. The van der Waals surface area contributed by atoms with Crippen molar-refractivity contribution in [3.05, 3.63) is 65.7 Å². The van der Waals surface area contributed by atoms with Gasteiger partial charge < -0.3 is 10.2 Å². The summed E-state index contributed by atoms with van der Waals surface area (Å²) in [6, 6.07) is 13.7. The molecule has 6 heteroatoms. The molecule has 2 N–H and O–H groups in total. The molecular formula is C15H14O5S. The zero-order valence-electron chi connectivity index (χ0n) is 11.0. The number of aliphatic hydroxyl groups excluding tert-OH is 1. The molecule has 0 aromatic heterocycles. The molecule has 2 aromatic carbocycles. The second-order valence-corrected chi connectivity index (χ2v) is 6.51. The van der Waals surface area contributed by atoms with E-state index >= 15 is 0 Å². The molecule has 21 heavy (non-hydrogen) atoms. The summed E-state index contributed by atoms with van der Waals surface area (Å²) >= 11 is 0. The number of carbonyl (C=O) groups is 1. The Hall–Kier alpha value is -2.18. The summed E-state index contributed by atoms with van der Waals surface area (Å²) in [7, 11) is -3.91. The lowest BCUT2D eigenvalue weighted by molar-refractivity contribution is 0.0692. The fourth-order valence-corrected chi connectivity index (χ4v) is 3.55. The third-order valence-corrected chi connectivity index (χ3v) is 4.79. The average molecular weight is 306 g/mol. The van der Waals surface area contributed by atoms with Crippen LogP contribution in [0.4, 0.5) is 0 Å². The lowest BCUT2D eigenvalue weighted by atomic mass is 10.1. The molecule has 0 radical (unpaired) electrons. The molecule has 0 aliphatic rings. The maximum Gasteiger partial charge on any atom is 0.337 e. The second-order valence-electron chi connectivity index (χ2n) is 4.51. The molecule has 2 aromatic rings. The molecule has 0 saturated carbocycles. The van der Waals surface area contributed by atoms with Gasteiger partial charge in [-0.05, 0) is 17.7 Å². The molecule has 110 valence electrons. The standard InChI is InChI=1S/C15H14O5S/c16-13(11-6-2-1-3-7-11)10-21(19,20)14-9-5-4-8-12(14)15(17)18/h1-9,13,16H,10H2,(H,17,18). The summed E-state index contributed by atoms with van der Waals surface area (Å²) in [5.41, 5.74) is 0.173. The molecule has 2 rings (SSSR count). The van der Waals surface area contributed by atoms with Crippen LogP contribution in [-0.4, -0.2) is 30.4 Å². The summed E-state index contributed by atoms with van der Waals surface area (Å²) in [6.45, 7) is 0. The van der Waals surface area contributed by atoms with Crippen LogP contribution in [-0.2, 0) is 9.84 Å². The number of aliphatic hydroxyl groups is 1. The molecular weight excluding hydrogens is 292 g/mol. The Kier molecular flexibility index (Phi) is 4.40. The predicted molar refractivity (Wildman–Crippen MR) is 76.9 cm³/mol. The molecule has 0 amide bonds. The molecule has 0 bridgehead atoms. The van der Waals surface area contributed by atoms with Crippen molar-refractivity contribution in [1.82, 2.24) is 0 Å². The van der Waals surface area contributed by atoms with Crippen molar-refractivity contribution in [2.45, 2.75) is 11.0 Å². The Morgan fingerprint density at radius 2 is 1.57 bits per heavy atom. The summed E-state index contributed by atoms with van der Waals surface area (Å²) in [4.78, 5) is 10.8.